The predicted octanol–water partition coefficient (Wildman–Crippen LogP) is 5.47. The summed E-state index contributed by atoms with van der Waals surface area (Å²) < 4.78 is 0. The SMILES string of the molecule is CC(=O)Nc1ccc(Sc2ncnc3sc(-c4ccccc4)cc23)cc1. The molecule has 0 saturated heterocycles. The van der Waals surface area contributed by atoms with Gasteiger partial charge in [0.1, 0.15) is 16.2 Å². The molecule has 0 atom stereocenters. The van der Waals surface area contributed by atoms with Crippen molar-refractivity contribution in [3.8, 4) is 10.4 Å². The Balaban J connectivity index is 1.64. The Morgan fingerprint density at radius 3 is 2.54 bits per heavy atom. The molecule has 0 aliphatic rings. The van der Waals surface area contributed by atoms with Crippen LogP contribution in [0.5, 0.6) is 0 Å². The van der Waals surface area contributed by atoms with E-state index in [-0.39, 0.29) is 5.91 Å². The Morgan fingerprint density at radius 2 is 1.81 bits per heavy atom. The first-order valence-electron chi connectivity index (χ1n) is 8.04. The standard InChI is InChI=1S/C20H15N3OS2/c1-13(24)23-15-7-9-16(10-8-15)25-19-17-11-18(14-5-3-2-4-6-14)26-20(17)22-12-21-19/h2-12H,1H3,(H,23,24). The van der Waals surface area contributed by atoms with E-state index in [1.165, 1.54) is 17.4 Å². The van der Waals surface area contributed by atoms with Gasteiger partial charge in [0.25, 0.3) is 0 Å². The van der Waals surface area contributed by atoms with Crippen LogP contribution in [0, 0.1) is 0 Å². The molecule has 2 aromatic heterocycles. The van der Waals surface area contributed by atoms with E-state index in [4.69, 9.17) is 0 Å². The number of carbonyl (C=O) groups excluding carboxylic acids is 1. The maximum absolute atomic E-state index is 11.1. The van der Waals surface area contributed by atoms with Crippen LogP contribution >= 0.6 is 23.1 Å². The van der Waals surface area contributed by atoms with Crippen molar-refractivity contribution in [2.24, 2.45) is 0 Å². The number of hydrogen-bond donors (Lipinski definition) is 1. The first-order valence-corrected chi connectivity index (χ1v) is 9.68. The van der Waals surface area contributed by atoms with Crippen molar-refractivity contribution < 1.29 is 4.79 Å². The minimum atomic E-state index is -0.0744. The zero-order valence-electron chi connectivity index (χ0n) is 14.0. The number of thiophene rings is 1. The normalized spacial score (nSPS) is 10.8. The van der Waals surface area contributed by atoms with Crippen LogP contribution in [0.4, 0.5) is 5.69 Å². The van der Waals surface area contributed by atoms with Crippen molar-refractivity contribution in [2.75, 3.05) is 5.32 Å². The van der Waals surface area contributed by atoms with Crippen molar-refractivity contribution in [2.45, 2.75) is 16.8 Å². The first-order chi connectivity index (χ1) is 12.7. The number of anilines is 1. The van der Waals surface area contributed by atoms with E-state index >= 15 is 0 Å². The summed E-state index contributed by atoms with van der Waals surface area (Å²) >= 11 is 3.27. The summed E-state index contributed by atoms with van der Waals surface area (Å²) in [4.78, 5) is 23.2. The van der Waals surface area contributed by atoms with Crippen LogP contribution in [0.25, 0.3) is 20.7 Å². The van der Waals surface area contributed by atoms with Crippen molar-refractivity contribution in [1.82, 2.24) is 9.97 Å². The Labute approximate surface area is 159 Å². The van der Waals surface area contributed by atoms with Gasteiger partial charge in [0, 0.05) is 27.8 Å². The molecule has 0 unspecified atom stereocenters. The molecule has 0 aliphatic carbocycles. The second kappa shape index (κ2) is 7.27. The minimum absolute atomic E-state index is 0.0744. The largest absolute Gasteiger partial charge is 0.326 e. The maximum atomic E-state index is 11.1. The molecule has 0 spiro atoms. The summed E-state index contributed by atoms with van der Waals surface area (Å²) in [5.41, 5.74) is 1.97. The van der Waals surface area contributed by atoms with Crippen LogP contribution in [0.3, 0.4) is 0 Å². The van der Waals surface area contributed by atoms with Gasteiger partial charge in [-0.15, -0.1) is 11.3 Å². The molecular weight excluding hydrogens is 362 g/mol. The summed E-state index contributed by atoms with van der Waals surface area (Å²) in [7, 11) is 0. The second-order valence-corrected chi connectivity index (χ2v) is 7.77. The summed E-state index contributed by atoms with van der Waals surface area (Å²) in [5.74, 6) is -0.0744. The Hall–Kier alpha value is -2.70. The van der Waals surface area contributed by atoms with Gasteiger partial charge < -0.3 is 5.32 Å². The van der Waals surface area contributed by atoms with Crippen LogP contribution in [0.1, 0.15) is 6.92 Å². The maximum Gasteiger partial charge on any atom is 0.221 e. The lowest BCUT2D eigenvalue weighted by atomic mass is 10.2. The van der Waals surface area contributed by atoms with Crippen LogP contribution < -0.4 is 5.32 Å². The number of nitrogens with one attached hydrogen (secondary N) is 1. The predicted molar refractivity (Wildman–Crippen MR) is 108 cm³/mol. The fraction of sp³-hybridized carbons (Fsp3) is 0.0500. The molecule has 1 amide bonds. The molecule has 2 heterocycles. The van der Waals surface area contributed by atoms with Crippen LogP contribution in [0.15, 0.2) is 76.9 Å². The highest BCUT2D eigenvalue weighted by Crippen LogP contribution is 2.38. The van der Waals surface area contributed by atoms with Crippen molar-refractivity contribution >= 4 is 44.9 Å². The molecule has 0 bridgehead atoms. The van der Waals surface area contributed by atoms with Gasteiger partial charge >= 0.3 is 0 Å². The summed E-state index contributed by atoms with van der Waals surface area (Å²) in [5, 5.41) is 4.77. The second-order valence-electron chi connectivity index (χ2n) is 5.68. The van der Waals surface area contributed by atoms with E-state index in [0.717, 1.165) is 25.8 Å². The number of aromatic nitrogens is 2. The monoisotopic (exact) mass is 377 g/mol. The molecule has 4 rings (SSSR count). The molecule has 0 radical (unpaired) electrons. The molecule has 2 aromatic carbocycles. The number of hydrogen-bond acceptors (Lipinski definition) is 5. The number of fused-ring (bicyclic) bond motifs is 1. The molecular formula is C20H15N3OS2. The fourth-order valence-electron chi connectivity index (χ4n) is 2.58. The smallest absolute Gasteiger partial charge is 0.221 e. The molecule has 0 fully saturated rings. The van der Waals surface area contributed by atoms with E-state index < -0.39 is 0 Å². The number of rotatable bonds is 4. The Bertz CT molecular complexity index is 1060. The Kier molecular flexibility index (Phi) is 4.69. The van der Waals surface area contributed by atoms with Gasteiger partial charge in [0.15, 0.2) is 0 Å². The summed E-state index contributed by atoms with van der Waals surface area (Å²) in [6.45, 7) is 1.50. The van der Waals surface area contributed by atoms with E-state index in [1.54, 1.807) is 29.4 Å². The van der Waals surface area contributed by atoms with Crippen molar-refractivity contribution in [3.05, 3.63) is 67.0 Å². The first kappa shape index (κ1) is 16.8. The van der Waals surface area contributed by atoms with Gasteiger partial charge in [-0.25, -0.2) is 9.97 Å². The molecule has 1 N–H and O–H groups in total. The van der Waals surface area contributed by atoms with Gasteiger partial charge in [-0.2, -0.15) is 0 Å². The quantitative estimate of drug-likeness (QED) is 0.479. The third kappa shape index (κ3) is 3.61. The molecule has 4 aromatic rings. The van der Waals surface area contributed by atoms with Gasteiger partial charge in [-0.05, 0) is 35.9 Å². The molecule has 0 aliphatic heterocycles. The minimum Gasteiger partial charge on any atom is -0.326 e. The van der Waals surface area contributed by atoms with Gasteiger partial charge in [-0.3, -0.25) is 4.79 Å². The third-order valence-electron chi connectivity index (χ3n) is 3.74. The summed E-state index contributed by atoms with van der Waals surface area (Å²) in [6.07, 6.45) is 1.61. The van der Waals surface area contributed by atoms with Crippen molar-refractivity contribution in [3.63, 3.8) is 0 Å². The Morgan fingerprint density at radius 1 is 1.04 bits per heavy atom. The highest BCUT2D eigenvalue weighted by Gasteiger charge is 2.11. The highest BCUT2D eigenvalue weighted by atomic mass is 32.2. The number of nitrogens with zero attached hydrogens (tertiary/aromatic N) is 2. The van der Waals surface area contributed by atoms with E-state index in [9.17, 15) is 4.79 Å². The number of carbonyl (C=O) groups is 1. The van der Waals surface area contributed by atoms with E-state index in [0.29, 0.717) is 0 Å². The lowest BCUT2D eigenvalue weighted by Crippen LogP contribution is -2.05. The topological polar surface area (TPSA) is 54.9 Å². The molecule has 0 saturated carbocycles. The number of benzene rings is 2. The van der Waals surface area contributed by atoms with Crippen LogP contribution in [-0.2, 0) is 4.79 Å². The summed E-state index contributed by atoms with van der Waals surface area (Å²) in [6, 6.07) is 20.2. The molecule has 6 heteroatoms. The lowest BCUT2D eigenvalue weighted by molar-refractivity contribution is -0.114. The third-order valence-corrected chi connectivity index (χ3v) is 5.86. The van der Waals surface area contributed by atoms with E-state index in [2.05, 4.69) is 33.5 Å². The van der Waals surface area contributed by atoms with Gasteiger partial charge in [0.2, 0.25) is 5.91 Å². The van der Waals surface area contributed by atoms with Crippen LogP contribution in [-0.4, -0.2) is 15.9 Å². The van der Waals surface area contributed by atoms with Gasteiger partial charge in [0.05, 0.1) is 0 Å². The molecule has 4 nitrogen and oxygen atoms in total. The fourth-order valence-corrected chi connectivity index (χ4v) is 4.51. The van der Waals surface area contributed by atoms with Crippen molar-refractivity contribution in [1.29, 1.82) is 0 Å². The highest BCUT2D eigenvalue weighted by molar-refractivity contribution is 7.99. The lowest BCUT2D eigenvalue weighted by Gasteiger charge is -2.04. The zero-order chi connectivity index (χ0) is 17.9. The molecule has 26 heavy (non-hydrogen) atoms. The van der Waals surface area contributed by atoms with Crippen LogP contribution in [0.2, 0.25) is 0 Å². The zero-order valence-corrected chi connectivity index (χ0v) is 15.6. The van der Waals surface area contributed by atoms with Gasteiger partial charge in [-0.1, -0.05) is 42.1 Å². The number of amides is 1. The van der Waals surface area contributed by atoms with E-state index in [1.807, 2.05) is 42.5 Å². The molecule has 128 valence electrons. The average molecular weight is 377 g/mol. The average Bonchev–Trinajstić information content (AvgIpc) is 3.09.